The number of anilines is 1. The van der Waals surface area contributed by atoms with Crippen LogP contribution < -0.4 is 10.6 Å². The second-order valence-electron chi connectivity index (χ2n) is 10.3. The minimum absolute atomic E-state index is 0.0835. The monoisotopic (exact) mass is 506 g/mol. The van der Waals surface area contributed by atoms with Gasteiger partial charge in [0.05, 0.1) is 13.2 Å². The predicted octanol–water partition coefficient (Wildman–Crippen LogP) is 1.95. The van der Waals surface area contributed by atoms with E-state index < -0.39 is 0 Å². The van der Waals surface area contributed by atoms with E-state index in [-0.39, 0.29) is 23.9 Å². The number of fused-ring (bicyclic) bond motifs is 1. The first-order valence-corrected chi connectivity index (χ1v) is 13.4. The number of hydrogen-bond donors (Lipinski definition) is 2. The van der Waals surface area contributed by atoms with Gasteiger partial charge in [0.2, 0.25) is 5.91 Å². The van der Waals surface area contributed by atoms with Crippen molar-refractivity contribution in [2.45, 2.75) is 44.9 Å². The second kappa shape index (κ2) is 12.0. The summed E-state index contributed by atoms with van der Waals surface area (Å²) in [5.74, 6) is 0.744. The molecule has 37 heavy (non-hydrogen) atoms. The zero-order valence-corrected chi connectivity index (χ0v) is 21.7. The minimum Gasteiger partial charge on any atom is -0.379 e. The zero-order valence-electron chi connectivity index (χ0n) is 21.7. The molecule has 1 aromatic carbocycles. The summed E-state index contributed by atoms with van der Waals surface area (Å²) < 4.78 is 5.58. The first kappa shape index (κ1) is 25.6. The third-order valence-electron chi connectivity index (χ3n) is 7.75. The summed E-state index contributed by atoms with van der Waals surface area (Å²) in [4.78, 5) is 35.9. The highest BCUT2D eigenvalue weighted by Crippen LogP contribution is 2.23. The van der Waals surface area contributed by atoms with Crippen LogP contribution in [0.5, 0.6) is 0 Å². The molecule has 9 heteroatoms. The van der Waals surface area contributed by atoms with Crippen LogP contribution in [-0.2, 0) is 22.6 Å². The Balaban J connectivity index is 1.17. The third kappa shape index (κ3) is 6.66. The van der Waals surface area contributed by atoms with E-state index in [1.54, 1.807) is 19.2 Å². The number of likely N-dealkylation sites (tertiary alicyclic amines) is 1. The Hall–Kier alpha value is -3.01. The fraction of sp³-hybridized carbons (Fsp3) is 0.536. The van der Waals surface area contributed by atoms with Gasteiger partial charge < -0.3 is 20.3 Å². The Bertz CT molecular complexity index is 1060. The average molecular weight is 507 g/mol. The van der Waals surface area contributed by atoms with E-state index in [2.05, 4.69) is 49.7 Å². The van der Waals surface area contributed by atoms with Gasteiger partial charge >= 0.3 is 0 Å². The van der Waals surface area contributed by atoms with Gasteiger partial charge in [0, 0.05) is 83.1 Å². The number of amides is 2. The number of carbonyl (C=O) groups excluding carboxylic acids is 2. The number of nitrogens with one attached hydrogen (secondary N) is 2. The zero-order chi connectivity index (χ0) is 25.6. The molecule has 5 rings (SSSR count). The third-order valence-corrected chi connectivity index (χ3v) is 7.75. The van der Waals surface area contributed by atoms with Crippen LogP contribution in [0.1, 0.15) is 41.3 Å². The summed E-state index contributed by atoms with van der Waals surface area (Å²) in [5.41, 5.74) is 3.40. The van der Waals surface area contributed by atoms with E-state index >= 15 is 0 Å². The summed E-state index contributed by atoms with van der Waals surface area (Å²) in [5, 5.41) is 6.64. The van der Waals surface area contributed by atoms with Crippen molar-refractivity contribution in [1.29, 1.82) is 0 Å². The van der Waals surface area contributed by atoms with E-state index in [1.165, 1.54) is 11.1 Å². The van der Waals surface area contributed by atoms with Crippen molar-refractivity contribution in [3.63, 3.8) is 0 Å². The molecule has 2 N–H and O–H groups in total. The number of morpholine rings is 1. The van der Waals surface area contributed by atoms with Crippen LogP contribution in [0.4, 0.5) is 5.82 Å². The van der Waals surface area contributed by atoms with Gasteiger partial charge in [-0.3, -0.25) is 19.4 Å². The van der Waals surface area contributed by atoms with Crippen LogP contribution >= 0.6 is 0 Å². The molecular formula is C28H38N6O3. The number of carbonyl (C=O) groups is 2. The Kier molecular flexibility index (Phi) is 8.33. The van der Waals surface area contributed by atoms with Crippen LogP contribution in [0, 0.1) is 0 Å². The molecule has 0 spiro atoms. The lowest BCUT2D eigenvalue weighted by Crippen LogP contribution is -2.53. The molecular weight excluding hydrogens is 468 g/mol. The lowest BCUT2D eigenvalue weighted by Gasteiger charge is -2.36. The van der Waals surface area contributed by atoms with Gasteiger partial charge in [0.25, 0.3) is 5.91 Å². The second-order valence-corrected chi connectivity index (χ2v) is 10.3. The van der Waals surface area contributed by atoms with Crippen molar-refractivity contribution >= 4 is 17.6 Å². The number of pyridine rings is 1. The van der Waals surface area contributed by atoms with Gasteiger partial charge in [-0.1, -0.05) is 24.3 Å². The lowest BCUT2D eigenvalue weighted by molar-refractivity contribution is -0.129. The van der Waals surface area contributed by atoms with Crippen LogP contribution in [0.2, 0.25) is 0 Å². The van der Waals surface area contributed by atoms with E-state index in [0.29, 0.717) is 17.9 Å². The molecule has 1 aromatic heterocycles. The van der Waals surface area contributed by atoms with Crippen molar-refractivity contribution in [2.24, 2.45) is 0 Å². The van der Waals surface area contributed by atoms with Gasteiger partial charge in [-0.2, -0.15) is 0 Å². The Labute approximate surface area is 219 Å². The molecule has 2 saturated heterocycles. The molecule has 2 aromatic rings. The van der Waals surface area contributed by atoms with Crippen molar-refractivity contribution in [2.75, 3.05) is 57.8 Å². The molecule has 0 bridgehead atoms. The standard InChI is InChI=1S/C28H38N6O3/c1-21(35)33-10-7-25(8-11-33)31-27-16-22(6-9-29-27)28(36)30-17-26(34-12-14-37-15-13-34)20-32-18-23-4-2-3-5-24(23)19-32/h2-6,9,16,25-26H,7-8,10-15,17-20H2,1H3,(H,29,31)(H,30,36). The molecule has 1 atom stereocenters. The van der Waals surface area contributed by atoms with E-state index in [4.69, 9.17) is 4.74 Å². The number of piperidine rings is 1. The molecule has 0 radical (unpaired) electrons. The molecule has 4 heterocycles. The Morgan fingerprint density at radius 1 is 1.05 bits per heavy atom. The molecule has 2 amide bonds. The van der Waals surface area contributed by atoms with Crippen LogP contribution in [-0.4, -0.2) is 96.1 Å². The number of hydrogen-bond acceptors (Lipinski definition) is 7. The minimum atomic E-state index is -0.0835. The van der Waals surface area contributed by atoms with Crippen molar-refractivity contribution in [3.8, 4) is 0 Å². The fourth-order valence-corrected chi connectivity index (χ4v) is 5.59. The first-order valence-electron chi connectivity index (χ1n) is 13.4. The summed E-state index contributed by atoms with van der Waals surface area (Å²) in [6.45, 7) is 9.73. The fourth-order valence-electron chi connectivity index (χ4n) is 5.59. The van der Waals surface area contributed by atoms with E-state index in [9.17, 15) is 9.59 Å². The van der Waals surface area contributed by atoms with Crippen LogP contribution in [0.15, 0.2) is 42.6 Å². The maximum Gasteiger partial charge on any atom is 0.251 e. The van der Waals surface area contributed by atoms with Crippen molar-refractivity contribution in [3.05, 3.63) is 59.3 Å². The molecule has 3 aliphatic heterocycles. The summed E-state index contributed by atoms with van der Waals surface area (Å²) in [7, 11) is 0. The molecule has 3 aliphatic rings. The summed E-state index contributed by atoms with van der Waals surface area (Å²) in [6, 6.07) is 12.7. The molecule has 9 nitrogen and oxygen atoms in total. The topological polar surface area (TPSA) is 90.0 Å². The highest BCUT2D eigenvalue weighted by Gasteiger charge is 2.27. The smallest absolute Gasteiger partial charge is 0.251 e. The highest BCUT2D eigenvalue weighted by atomic mass is 16.5. The number of ether oxygens (including phenoxy) is 1. The highest BCUT2D eigenvalue weighted by molar-refractivity contribution is 5.94. The number of nitrogens with zero attached hydrogens (tertiary/aromatic N) is 4. The van der Waals surface area contributed by atoms with E-state index in [0.717, 1.165) is 71.9 Å². The van der Waals surface area contributed by atoms with Gasteiger partial charge in [0.1, 0.15) is 5.82 Å². The van der Waals surface area contributed by atoms with Crippen molar-refractivity contribution in [1.82, 2.24) is 25.0 Å². The number of rotatable bonds is 8. The van der Waals surface area contributed by atoms with E-state index in [1.807, 2.05) is 11.0 Å². The number of aromatic nitrogens is 1. The Morgan fingerprint density at radius 2 is 1.76 bits per heavy atom. The summed E-state index contributed by atoms with van der Waals surface area (Å²) in [6.07, 6.45) is 3.43. The molecule has 198 valence electrons. The van der Waals surface area contributed by atoms with Gasteiger partial charge in [-0.25, -0.2) is 4.98 Å². The lowest BCUT2D eigenvalue weighted by atomic mass is 10.0. The maximum atomic E-state index is 13.1. The SMILES string of the molecule is CC(=O)N1CCC(Nc2cc(C(=O)NCC(CN3Cc4ccccc4C3)N3CCOCC3)ccn2)CC1. The van der Waals surface area contributed by atoms with Crippen molar-refractivity contribution < 1.29 is 14.3 Å². The van der Waals surface area contributed by atoms with Crippen LogP contribution in [0.25, 0.3) is 0 Å². The first-order chi connectivity index (χ1) is 18.0. The molecule has 0 aliphatic carbocycles. The quantitative estimate of drug-likeness (QED) is 0.566. The molecule has 2 fully saturated rings. The molecule has 1 unspecified atom stereocenters. The van der Waals surface area contributed by atoms with Gasteiger partial charge in [-0.15, -0.1) is 0 Å². The predicted molar refractivity (Wildman–Crippen MR) is 142 cm³/mol. The normalized spacial score (nSPS) is 19.9. The Morgan fingerprint density at radius 3 is 2.43 bits per heavy atom. The van der Waals surface area contributed by atoms with Gasteiger partial charge in [-0.05, 0) is 36.1 Å². The van der Waals surface area contributed by atoms with Gasteiger partial charge in [0.15, 0.2) is 0 Å². The summed E-state index contributed by atoms with van der Waals surface area (Å²) >= 11 is 0. The van der Waals surface area contributed by atoms with Crippen LogP contribution in [0.3, 0.4) is 0 Å². The molecule has 0 saturated carbocycles. The maximum absolute atomic E-state index is 13.1. The number of benzene rings is 1. The largest absolute Gasteiger partial charge is 0.379 e. The average Bonchev–Trinajstić information content (AvgIpc) is 3.34.